The van der Waals surface area contributed by atoms with Crippen molar-refractivity contribution >= 4 is 6.08 Å². The molecule has 0 unspecified atom stereocenters. The van der Waals surface area contributed by atoms with E-state index in [1.807, 2.05) is 6.92 Å². The quantitative estimate of drug-likeness (QED) is 0.579. The molecule has 0 saturated carbocycles. The molecule has 0 aliphatic carbocycles. The summed E-state index contributed by atoms with van der Waals surface area (Å²) in [6.45, 7) is 3.25. The molecule has 0 aliphatic rings. The number of benzene rings is 1. The van der Waals surface area contributed by atoms with E-state index >= 15 is 0 Å². The van der Waals surface area contributed by atoms with Crippen LogP contribution < -0.4 is 0 Å². The normalized spacial score (nSPS) is 11.4. The molecule has 4 nitrogen and oxygen atoms in total. The molecule has 0 aromatic heterocycles. The molecule has 0 fully saturated rings. The van der Waals surface area contributed by atoms with Crippen molar-refractivity contribution in [1.82, 2.24) is 0 Å². The van der Waals surface area contributed by atoms with Crippen molar-refractivity contribution in [2.75, 3.05) is 0 Å². The SMILES string of the molecule is C/C(=C/c1cc(C)ccc1O)[N+](=O)[O-]. The maximum absolute atomic E-state index is 10.4. The van der Waals surface area contributed by atoms with Gasteiger partial charge in [-0.15, -0.1) is 0 Å². The predicted molar refractivity (Wildman–Crippen MR) is 53.5 cm³/mol. The Kier molecular flexibility index (Phi) is 2.86. The molecule has 0 bridgehead atoms. The van der Waals surface area contributed by atoms with E-state index in [-0.39, 0.29) is 11.4 Å². The zero-order chi connectivity index (χ0) is 10.7. The molecular formula is C10H11NO3. The summed E-state index contributed by atoms with van der Waals surface area (Å²) in [5.74, 6) is 0.0526. The molecule has 0 radical (unpaired) electrons. The first-order valence-corrected chi connectivity index (χ1v) is 4.13. The standard InChI is InChI=1S/C10H11NO3/c1-7-3-4-10(12)9(5-7)6-8(2)11(13)14/h3-6,12H,1-2H3/b8-6-. The van der Waals surface area contributed by atoms with E-state index in [1.165, 1.54) is 19.1 Å². The van der Waals surface area contributed by atoms with Gasteiger partial charge in [0.15, 0.2) is 0 Å². The highest BCUT2D eigenvalue weighted by molar-refractivity contribution is 5.58. The van der Waals surface area contributed by atoms with Crippen molar-refractivity contribution in [3.05, 3.63) is 45.1 Å². The molecule has 74 valence electrons. The fourth-order valence-corrected chi connectivity index (χ4v) is 1.07. The van der Waals surface area contributed by atoms with Crippen molar-refractivity contribution in [1.29, 1.82) is 0 Å². The summed E-state index contributed by atoms with van der Waals surface area (Å²) in [4.78, 5) is 9.87. The molecule has 1 aromatic carbocycles. The summed E-state index contributed by atoms with van der Waals surface area (Å²) < 4.78 is 0. The van der Waals surface area contributed by atoms with Crippen LogP contribution in [-0.4, -0.2) is 10.0 Å². The summed E-state index contributed by atoms with van der Waals surface area (Å²) in [6, 6.07) is 4.96. The van der Waals surface area contributed by atoms with Crippen LogP contribution >= 0.6 is 0 Å². The number of aryl methyl sites for hydroxylation is 1. The molecule has 0 saturated heterocycles. The number of phenols is 1. The van der Waals surface area contributed by atoms with Crippen LogP contribution in [-0.2, 0) is 0 Å². The van der Waals surface area contributed by atoms with Gasteiger partial charge in [-0.2, -0.15) is 0 Å². The first-order chi connectivity index (χ1) is 6.50. The summed E-state index contributed by atoms with van der Waals surface area (Å²) in [7, 11) is 0. The lowest BCUT2D eigenvalue weighted by Crippen LogP contribution is -1.93. The highest BCUT2D eigenvalue weighted by Crippen LogP contribution is 2.20. The minimum absolute atomic E-state index is 0.00546. The zero-order valence-corrected chi connectivity index (χ0v) is 8.02. The van der Waals surface area contributed by atoms with Gasteiger partial charge < -0.3 is 5.11 Å². The molecule has 0 spiro atoms. The highest BCUT2D eigenvalue weighted by atomic mass is 16.6. The van der Waals surface area contributed by atoms with Crippen molar-refractivity contribution < 1.29 is 10.0 Å². The van der Waals surface area contributed by atoms with Gasteiger partial charge in [0.2, 0.25) is 5.70 Å². The van der Waals surface area contributed by atoms with E-state index in [4.69, 9.17) is 0 Å². The Morgan fingerprint density at radius 3 is 2.79 bits per heavy atom. The zero-order valence-electron chi connectivity index (χ0n) is 8.02. The number of rotatable bonds is 2. The summed E-state index contributed by atoms with van der Waals surface area (Å²) in [6.07, 6.45) is 1.35. The topological polar surface area (TPSA) is 63.4 Å². The third-order valence-electron chi connectivity index (χ3n) is 1.84. The van der Waals surface area contributed by atoms with Crippen LogP contribution in [0, 0.1) is 17.0 Å². The Labute approximate surface area is 81.6 Å². The highest BCUT2D eigenvalue weighted by Gasteiger charge is 2.05. The number of nitrogens with zero attached hydrogens (tertiary/aromatic N) is 1. The molecule has 1 N–H and O–H groups in total. The van der Waals surface area contributed by atoms with E-state index in [0.717, 1.165) is 5.56 Å². The van der Waals surface area contributed by atoms with Crippen molar-refractivity contribution in [2.45, 2.75) is 13.8 Å². The smallest absolute Gasteiger partial charge is 0.243 e. The van der Waals surface area contributed by atoms with E-state index in [2.05, 4.69) is 0 Å². The van der Waals surface area contributed by atoms with Gasteiger partial charge in [-0.1, -0.05) is 11.6 Å². The molecule has 1 aromatic rings. The molecular weight excluding hydrogens is 182 g/mol. The number of hydrogen-bond acceptors (Lipinski definition) is 3. The van der Waals surface area contributed by atoms with Gasteiger partial charge in [0.1, 0.15) is 5.75 Å². The number of phenolic OH excluding ortho intramolecular Hbond substituents is 1. The van der Waals surface area contributed by atoms with Crippen LogP contribution in [0.3, 0.4) is 0 Å². The fourth-order valence-electron chi connectivity index (χ4n) is 1.07. The lowest BCUT2D eigenvalue weighted by Gasteiger charge is -1.99. The van der Waals surface area contributed by atoms with Crippen LogP contribution in [0.1, 0.15) is 18.1 Å². The first-order valence-electron chi connectivity index (χ1n) is 4.13. The van der Waals surface area contributed by atoms with Gasteiger partial charge in [0, 0.05) is 18.6 Å². The maximum atomic E-state index is 10.4. The largest absolute Gasteiger partial charge is 0.507 e. The van der Waals surface area contributed by atoms with Crippen LogP contribution in [0.25, 0.3) is 6.08 Å². The Morgan fingerprint density at radius 1 is 1.57 bits per heavy atom. The second-order valence-electron chi connectivity index (χ2n) is 3.11. The maximum Gasteiger partial charge on any atom is 0.243 e. The lowest BCUT2D eigenvalue weighted by atomic mass is 10.1. The number of nitro groups is 1. The van der Waals surface area contributed by atoms with Crippen LogP contribution in [0.4, 0.5) is 0 Å². The molecule has 1 rings (SSSR count). The monoisotopic (exact) mass is 193 g/mol. The van der Waals surface area contributed by atoms with E-state index in [1.54, 1.807) is 12.1 Å². The first kappa shape index (κ1) is 10.2. The van der Waals surface area contributed by atoms with Gasteiger partial charge in [-0.05, 0) is 19.1 Å². The van der Waals surface area contributed by atoms with E-state index < -0.39 is 4.92 Å². The van der Waals surface area contributed by atoms with Crippen LogP contribution in [0.15, 0.2) is 23.9 Å². The van der Waals surface area contributed by atoms with E-state index in [9.17, 15) is 15.2 Å². The average Bonchev–Trinajstić information content (AvgIpc) is 2.11. The minimum Gasteiger partial charge on any atom is -0.507 e. The lowest BCUT2D eigenvalue weighted by molar-refractivity contribution is -0.422. The predicted octanol–water partition coefficient (Wildman–Crippen LogP) is 2.34. The van der Waals surface area contributed by atoms with Gasteiger partial charge in [0.05, 0.1) is 4.92 Å². The fraction of sp³-hybridized carbons (Fsp3) is 0.200. The minimum atomic E-state index is -0.484. The van der Waals surface area contributed by atoms with Gasteiger partial charge in [0.25, 0.3) is 0 Å². The summed E-state index contributed by atoms with van der Waals surface area (Å²) in [5.41, 5.74) is 1.43. The van der Waals surface area contributed by atoms with Gasteiger partial charge >= 0.3 is 0 Å². The number of aromatic hydroxyl groups is 1. The number of hydrogen-bond donors (Lipinski definition) is 1. The Bertz CT molecular complexity index is 396. The molecule has 0 atom stereocenters. The summed E-state index contributed by atoms with van der Waals surface area (Å²) in [5, 5.41) is 19.8. The third-order valence-corrected chi connectivity index (χ3v) is 1.84. The van der Waals surface area contributed by atoms with Gasteiger partial charge in [-0.3, -0.25) is 10.1 Å². The van der Waals surface area contributed by atoms with Crippen LogP contribution in [0.2, 0.25) is 0 Å². The molecule has 0 aliphatic heterocycles. The molecule has 0 amide bonds. The Balaban J connectivity index is 3.13. The number of allylic oxidation sites excluding steroid dienone is 1. The summed E-state index contributed by atoms with van der Waals surface area (Å²) >= 11 is 0. The Hall–Kier alpha value is -1.84. The van der Waals surface area contributed by atoms with Crippen molar-refractivity contribution in [2.24, 2.45) is 0 Å². The Morgan fingerprint density at radius 2 is 2.21 bits per heavy atom. The van der Waals surface area contributed by atoms with Crippen molar-refractivity contribution in [3.63, 3.8) is 0 Å². The second-order valence-corrected chi connectivity index (χ2v) is 3.11. The van der Waals surface area contributed by atoms with Gasteiger partial charge in [-0.25, -0.2) is 0 Å². The van der Waals surface area contributed by atoms with E-state index in [0.29, 0.717) is 5.56 Å². The molecule has 4 heteroatoms. The molecule has 0 heterocycles. The van der Waals surface area contributed by atoms with Crippen LogP contribution in [0.5, 0.6) is 5.75 Å². The van der Waals surface area contributed by atoms with Crippen molar-refractivity contribution in [3.8, 4) is 5.75 Å². The average molecular weight is 193 g/mol. The second kappa shape index (κ2) is 3.91. The molecule has 14 heavy (non-hydrogen) atoms. The third kappa shape index (κ3) is 2.32.